The summed E-state index contributed by atoms with van der Waals surface area (Å²) in [6.07, 6.45) is 1.67. The monoisotopic (exact) mass is 328 g/mol. The lowest BCUT2D eigenvalue weighted by atomic mass is 10.1. The van der Waals surface area contributed by atoms with Crippen molar-refractivity contribution in [1.29, 1.82) is 0 Å². The van der Waals surface area contributed by atoms with Gasteiger partial charge in [0.1, 0.15) is 0 Å². The van der Waals surface area contributed by atoms with E-state index in [4.69, 9.17) is 23.8 Å². The van der Waals surface area contributed by atoms with E-state index in [0.717, 1.165) is 16.7 Å². The highest BCUT2D eigenvalue weighted by Crippen LogP contribution is 2.19. The molecule has 1 N–H and O–H groups in total. The second-order valence-corrected chi connectivity index (χ2v) is 5.59. The van der Waals surface area contributed by atoms with E-state index < -0.39 is 0 Å². The van der Waals surface area contributed by atoms with Crippen LogP contribution in [0.4, 0.5) is 0 Å². The van der Waals surface area contributed by atoms with Crippen molar-refractivity contribution in [3.05, 3.63) is 69.5 Å². The summed E-state index contributed by atoms with van der Waals surface area (Å²) in [5.74, 6) is 0.664. The summed E-state index contributed by atoms with van der Waals surface area (Å²) in [4.78, 5) is 0. The summed E-state index contributed by atoms with van der Waals surface area (Å²) >= 11 is 11.4. The molecule has 0 saturated carbocycles. The fraction of sp³-hybridized carbons (Fsp3) is 0.0625. The van der Waals surface area contributed by atoms with Gasteiger partial charge in [-0.3, -0.25) is 0 Å². The Morgan fingerprint density at radius 3 is 2.82 bits per heavy atom. The predicted octanol–water partition coefficient (Wildman–Crippen LogP) is 4.45. The third kappa shape index (κ3) is 3.00. The number of nitrogens with zero attached hydrogens (tertiary/aromatic N) is 3. The molecule has 0 bridgehead atoms. The van der Waals surface area contributed by atoms with Gasteiger partial charge in [-0.1, -0.05) is 53.6 Å². The van der Waals surface area contributed by atoms with Gasteiger partial charge in [-0.2, -0.15) is 14.9 Å². The van der Waals surface area contributed by atoms with E-state index in [1.54, 1.807) is 10.9 Å². The standard InChI is InChI=1S/C16H13ClN4S/c1-11-5-4-7-12(9-11)15-19-20-16(22)21(15)18-10-13-6-2-3-8-14(13)17/h2-10H,1H3,(H,20,22)/b18-10+. The molecular formula is C16H13ClN4S. The van der Waals surface area contributed by atoms with Crippen molar-refractivity contribution in [1.82, 2.24) is 14.9 Å². The number of aromatic amines is 1. The quantitative estimate of drug-likeness (QED) is 0.570. The Bertz CT molecular complexity index is 895. The highest BCUT2D eigenvalue weighted by Gasteiger charge is 2.08. The first-order valence-corrected chi connectivity index (χ1v) is 7.47. The molecule has 1 aromatic heterocycles. The topological polar surface area (TPSA) is 46.0 Å². The molecule has 1 heterocycles. The van der Waals surface area contributed by atoms with Gasteiger partial charge < -0.3 is 0 Å². The Morgan fingerprint density at radius 2 is 2.05 bits per heavy atom. The van der Waals surface area contributed by atoms with Crippen LogP contribution in [0, 0.1) is 11.7 Å². The van der Waals surface area contributed by atoms with E-state index in [1.807, 2.05) is 55.5 Å². The fourth-order valence-electron chi connectivity index (χ4n) is 2.07. The van der Waals surface area contributed by atoms with Crippen LogP contribution < -0.4 is 0 Å². The molecular weight excluding hydrogens is 316 g/mol. The van der Waals surface area contributed by atoms with Crippen LogP contribution >= 0.6 is 23.8 Å². The molecule has 0 saturated heterocycles. The number of halogens is 1. The van der Waals surface area contributed by atoms with Crippen LogP contribution in [0.5, 0.6) is 0 Å². The second-order valence-electron chi connectivity index (χ2n) is 4.80. The summed E-state index contributed by atoms with van der Waals surface area (Å²) in [5, 5.41) is 12.1. The number of rotatable bonds is 3. The van der Waals surface area contributed by atoms with Gasteiger partial charge in [-0.15, -0.1) is 0 Å². The van der Waals surface area contributed by atoms with Crippen molar-refractivity contribution in [2.75, 3.05) is 0 Å². The molecule has 110 valence electrons. The van der Waals surface area contributed by atoms with Crippen molar-refractivity contribution < 1.29 is 0 Å². The van der Waals surface area contributed by atoms with Crippen LogP contribution in [0.2, 0.25) is 5.02 Å². The Balaban J connectivity index is 2.04. The maximum atomic E-state index is 6.13. The molecule has 2 aromatic carbocycles. The minimum absolute atomic E-state index is 0.430. The number of aryl methyl sites for hydroxylation is 1. The van der Waals surface area contributed by atoms with Gasteiger partial charge in [0, 0.05) is 16.1 Å². The first-order valence-electron chi connectivity index (χ1n) is 6.68. The van der Waals surface area contributed by atoms with Crippen molar-refractivity contribution in [2.24, 2.45) is 5.10 Å². The molecule has 0 atom stereocenters. The Labute approximate surface area is 138 Å². The summed E-state index contributed by atoms with van der Waals surface area (Å²) in [7, 11) is 0. The number of hydrogen-bond donors (Lipinski definition) is 1. The molecule has 6 heteroatoms. The highest BCUT2D eigenvalue weighted by atomic mass is 35.5. The molecule has 22 heavy (non-hydrogen) atoms. The number of H-pyrrole nitrogens is 1. The van der Waals surface area contributed by atoms with Gasteiger partial charge in [-0.05, 0) is 31.3 Å². The SMILES string of the molecule is Cc1cccc(-c2n[nH]c(=S)n2/N=C/c2ccccc2Cl)c1. The van der Waals surface area contributed by atoms with E-state index in [0.29, 0.717) is 15.6 Å². The van der Waals surface area contributed by atoms with Crippen LogP contribution in [0.3, 0.4) is 0 Å². The number of aromatic nitrogens is 3. The molecule has 3 aromatic rings. The minimum atomic E-state index is 0.430. The first kappa shape index (κ1) is 14.7. The van der Waals surface area contributed by atoms with Crippen LogP contribution in [0.25, 0.3) is 11.4 Å². The summed E-state index contributed by atoms with van der Waals surface area (Å²) < 4.78 is 2.02. The molecule has 4 nitrogen and oxygen atoms in total. The lowest BCUT2D eigenvalue weighted by Crippen LogP contribution is -1.95. The Morgan fingerprint density at radius 1 is 1.23 bits per heavy atom. The van der Waals surface area contributed by atoms with Crippen molar-refractivity contribution in [2.45, 2.75) is 6.92 Å². The molecule has 0 aliphatic rings. The zero-order valence-electron chi connectivity index (χ0n) is 11.8. The molecule has 0 amide bonds. The van der Waals surface area contributed by atoms with Crippen LogP contribution in [-0.4, -0.2) is 21.1 Å². The Kier molecular flexibility index (Phi) is 4.18. The van der Waals surface area contributed by atoms with E-state index in [1.165, 1.54) is 0 Å². The van der Waals surface area contributed by atoms with E-state index in [2.05, 4.69) is 15.3 Å². The van der Waals surface area contributed by atoms with Crippen LogP contribution in [0.15, 0.2) is 53.6 Å². The largest absolute Gasteiger partial charge is 0.250 e. The zero-order valence-corrected chi connectivity index (χ0v) is 13.4. The molecule has 0 unspecified atom stereocenters. The summed E-state index contributed by atoms with van der Waals surface area (Å²) in [6.45, 7) is 2.03. The van der Waals surface area contributed by atoms with Gasteiger partial charge in [0.05, 0.1) is 6.21 Å². The predicted molar refractivity (Wildman–Crippen MR) is 92.0 cm³/mol. The molecule has 0 radical (unpaired) electrons. The number of benzene rings is 2. The second kappa shape index (κ2) is 6.25. The third-order valence-corrected chi connectivity index (χ3v) is 3.75. The smallest absolute Gasteiger partial charge is 0.216 e. The van der Waals surface area contributed by atoms with Gasteiger partial charge >= 0.3 is 0 Å². The van der Waals surface area contributed by atoms with Gasteiger partial charge in [0.15, 0.2) is 5.82 Å². The van der Waals surface area contributed by atoms with Crippen molar-refractivity contribution >= 4 is 30.0 Å². The molecule has 0 spiro atoms. The van der Waals surface area contributed by atoms with Gasteiger partial charge in [-0.25, -0.2) is 5.10 Å². The zero-order chi connectivity index (χ0) is 15.5. The average Bonchev–Trinajstić information content (AvgIpc) is 2.87. The Hall–Kier alpha value is -2.24. The summed E-state index contributed by atoms with van der Waals surface area (Å²) in [6, 6.07) is 15.5. The molecule has 0 aliphatic carbocycles. The molecule has 0 fully saturated rings. The normalized spacial score (nSPS) is 11.2. The minimum Gasteiger partial charge on any atom is -0.250 e. The third-order valence-electron chi connectivity index (χ3n) is 3.14. The fourth-order valence-corrected chi connectivity index (χ4v) is 2.43. The number of nitrogens with one attached hydrogen (secondary N) is 1. The maximum absolute atomic E-state index is 6.13. The van der Waals surface area contributed by atoms with E-state index >= 15 is 0 Å². The van der Waals surface area contributed by atoms with E-state index in [9.17, 15) is 0 Å². The van der Waals surface area contributed by atoms with Crippen LogP contribution in [-0.2, 0) is 0 Å². The van der Waals surface area contributed by atoms with Crippen LogP contribution in [0.1, 0.15) is 11.1 Å². The van der Waals surface area contributed by atoms with Gasteiger partial charge in [0.25, 0.3) is 0 Å². The molecule has 0 aliphatic heterocycles. The first-order chi connectivity index (χ1) is 10.6. The summed E-state index contributed by atoms with van der Waals surface area (Å²) in [5.41, 5.74) is 2.92. The van der Waals surface area contributed by atoms with E-state index in [-0.39, 0.29) is 0 Å². The van der Waals surface area contributed by atoms with Crippen molar-refractivity contribution in [3.63, 3.8) is 0 Å². The number of hydrogen-bond acceptors (Lipinski definition) is 3. The molecule has 3 rings (SSSR count). The lowest BCUT2D eigenvalue weighted by Gasteiger charge is -2.02. The lowest BCUT2D eigenvalue weighted by molar-refractivity contribution is 0.871. The van der Waals surface area contributed by atoms with Crippen molar-refractivity contribution in [3.8, 4) is 11.4 Å². The van der Waals surface area contributed by atoms with Gasteiger partial charge in [0.2, 0.25) is 4.77 Å². The average molecular weight is 329 g/mol. The maximum Gasteiger partial charge on any atom is 0.216 e. The highest BCUT2D eigenvalue weighted by molar-refractivity contribution is 7.71.